The Labute approximate surface area is 92.4 Å². The molecular weight excluding hydrogens is 192 g/mol. The summed E-state index contributed by atoms with van der Waals surface area (Å²) in [6, 6.07) is 0.372. The fourth-order valence-corrected chi connectivity index (χ4v) is 1.06. The highest BCUT2D eigenvalue weighted by molar-refractivity contribution is 5.77. The molecule has 1 amide bonds. The van der Waals surface area contributed by atoms with Gasteiger partial charge in [0.05, 0.1) is 12.6 Å². The summed E-state index contributed by atoms with van der Waals surface area (Å²) in [6.45, 7) is 6.96. The van der Waals surface area contributed by atoms with Crippen LogP contribution in [-0.4, -0.2) is 36.2 Å². The first-order valence-corrected chi connectivity index (χ1v) is 5.78. The second-order valence-electron chi connectivity index (χ2n) is 3.89. The number of aliphatic hydroxyl groups is 1. The van der Waals surface area contributed by atoms with Crippen LogP contribution in [-0.2, 0) is 4.79 Å². The van der Waals surface area contributed by atoms with E-state index in [4.69, 9.17) is 0 Å². The molecule has 0 heterocycles. The quantitative estimate of drug-likeness (QED) is 0.558. The number of hydrogen-bond donors (Lipinski definition) is 3. The number of amides is 1. The Morgan fingerprint density at radius 2 is 2.00 bits per heavy atom. The lowest BCUT2D eigenvalue weighted by Crippen LogP contribution is -2.38. The maximum atomic E-state index is 11.3. The molecule has 0 saturated heterocycles. The van der Waals surface area contributed by atoms with Gasteiger partial charge in [-0.2, -0.15) is 0 Å². The third kappa shape index (κ3) is 8.39. The van der Waals surface area contributed by atoms with Gasteiger partial charge in [-0.25, -0.2) is 0 Å². The van der Waals surface area contributed by atoms with E-state index in [1.165, 1.54) is 0 Å². The van der Waals surface area contributed by atoms with E-state index in [0.29, 0.717) is 25.6 Å². The van der Waals surface area contributed by atoms with Crippen molar-refractivity contribution in [2.75, 3.05) is 13.1 Å². The standard InChI is InChI=1S/C11H24N2O2/c1-4-9(3)13-8-11(15)12-7-6-10(14)5-2/h9-10,13-14H,4-8H2,1-3H3,(H,12,15). The molecule has 0 saturated carbocycles. The van der Waals surface area contributed by atoms with Crippen LogP contribution in [0.5, 0.6) is 0 Å². The molecule has 0 rings (SSSR count). The fraction of sp³-hybridized carbons (Fsp3) is 0.909. The molecule has 0 aromatic rings. The average molecular weight is 216 g/mol. The van der Waals surface area contributed by atoms with E-state index >= 15 is 0 Å². The van der Waals surface area contributed by atoms with Crippen LogP contribution in [0.4, 0.5) is 0 Å². The van der Waals surface area contributed by atoms with E-state index in [2.05, 4.69) is 17.6 Å². The first-order chi connectivity index (χ1) is 7.10. The van der Waals surface area contributed by atoms with Crippen molar-refractivity contribution in [2.45, 2.75) is 52.2 Å². The van der Waals surface area contributed by atoms with Crippen LogP contribution in [0.1, 0.15) is 40.0 Å². The van der Waals surface area contributed by atoms with Crippen molar-refractivity contribution >= 4 is 5.91 Å². The first-order valence-electron chi connectivity index (χ1n) is 5.78. The number of carbonyl (C=O) groups excluding carboxylic acids is 1. The van der Waals surface area contributed by atoms with E-state index in [-0.39, 0.29) is 12.0 Å². The van der Waals surface area contributed by atoms with Gasteiger partial charge in [-0.1, -0.05) is 13.8 Å². The summed E-state index contributed by atoms with van der Waals surface area (Å²) in [7, 11) is 0. The largest absolute Gasteiger partial charge is 0.393 e. The molecule has 90 valence electrons. The van der Waals surface area contributed by atoms with Crippen LogP contribution in [0.3, 0.4) is 0 Å². The molecule has 4 heteroatoms. The summed E-state index contributed by atoms with van der Waals surface area (Å²) in [5.74, 6) is -0.00129. The van der Waals surface area contributed by atoms with E-state index in [0.717, 1.165) is 12.8 Å². The molecule has 15 heavy (non-hydrogen) atoms. The fourth-order valence-electron chi connectivity index (χ4n) is 1.06. The Morgan fingerprint density at radius 3 is 2.53 bits per heavy atom. The SMILES string of the molecule is CCC(O)CCNC(=O)CNC(C)CC. The Bertz CT molecular complexity index is 174. The number of carbonyl (C=O) groups is 1. The Hall–Kier alpha value is -0.610. The monoisotopic (exact) mass is 216 g/mol. The third-order valence-electron chi connectivity index (χ3n) is 2.49. The van der Waals surface area contributed by atoms with E-state index in [1.54, 1.807) is 0 Å². The van der Waals surface area contributed by atoms with E-state index in [1.807, 2.05) is 13.8 Å². The summed E-state index contributed by atoms with van der Waals surface area (Å²) >= 11 is 0. The molecule has 0 radical (unpaired) electrons. The van der Waals surface area contributed by atoms with Crippen molar-refractivity contribution in [3.63, 3.8) is 0 Å². The molecule has 0 fully saturated rings. The van der Waals surface area contributed by atoms with E-state index < -0.39 is 0 Å². The number of rotatable bonds is 8. The minimum absolute atomic E-state index is 0.00129. The van der Waals surface area contributed by atoms with Crippen molar-refractivity contribution in [3.8, 4) is 0 Å². The maximum absolute atomic E-state index is 11.3. The van der Waals surface area contributed by atoms with Gasteiger partial charge in [-0.3, -0.25) is 4.79 Å². The lowest BCUT2D eigenvalue weighted by Gasteiger charge is -2.12. The van der Waals surface area contributed by atoms with Gasteiger partial charge in [-0.05, 0) is 26.2 Å². The molecule has 0 aromatic carbocycles. The van der Waals surface area contributed by atoms with Gasteiger partial charge in [0.15, 0.2) is 0 Å². The van der Waals surface area contributed by atoms with Crippen molar-refractivity contribution in [3.05, 3.63) is 0 Å². The smallest absolute Gasteiger partial charge is 0.233 e. The van der Waals surface area contributed by atoms with Crippen LogP contribution in [0.2, 0.25) is 0 Å². The van der Waals surface area contributed by atoms with Crippen molar-refractivity contribution in [1.29, 1.82) is 0 Å². The zero-order valence-corrected chi connectivity index (χ0v) is 10.0. The molecule has 0 aliphatic heterocycles. The molecule has 0 aromatic heterocycles. The normalized spacial score (nSPS) is 14.7. The summed E-state index contributed by atoms with van der Waals surface area (Å²) in [4.78, 5) is 11.3. The third-order valence-corrected chi connectivity index (χ3v) is 2.49. The predicted molar refractivity (Wildman–Crippen MR) is 61.7 cm³/mol. The van der Waals surface area contributed by atoms with Crippen LogP contribution in [0.15, 0.2) is 0 Å². The molecule has 0 bridgehead atoms. The number of aliphatic hydroxyl groups excluding tert-OH is 1. The van der Waals surface area contributed by atoms with Crippen LogP contribution in [0.25, 0.3) is 0 Å². The van der Waals surface area contributed by atoms with Gasteiger partial charge in [0.1, 0.15) is 0 Å². The number of nitrogens with one attached hydrogen (secondary N) is 2. The van der Waals surface area contributed by atoms with Gasteiger partial charge in [0.25, 0.3) is 0 Å². The van der Waals surface area contributed by atoms with Crippen molar-refractivity contribution in [1.82, 2.24) is 10.6 Å². The molecule has 2 atom stereocenters. The molecule has 0 aliphatic rings. The van der Waals surface area contributed by atoms with Crippen LogP contribution in [0, 0.1) is 0 Å². The second kappa shape index (κ2) is 8.68. The Kier molecular flexibility index (Phi) is 8.33. The van der Waals surface area contributed by atoms with E-state index in [9.17, 15) is 9.90 Å². The van der Waals surface area contributed by atoms with Crippen molar-refractivity contribution in [2.24, 2.45) is 0 Å². The lowest BCUT2D eigenvalue weighted by atomic mass is 10.2. The molecule has 3 N–H and O–H groups in total. The van der Waals surface area contributed by atoms with Gasteiger partial charge in [-0.15, -0.1) is 0 Å². The van der Waals surface area contributed by atoms with Crippen LogP contribution < -0.4 is 10.6 Å². The molecular formula is C11H24N2O2. The lowest BCUT2D eigenvalue weighted by molar-refractivity contribution is -0.120. The summed E-state index contributed by atoms with van der Waals surface area (Å²) < 4.78 is 0. The zero-order valence-electron chi connectivity index (χ0n) is 10.0. The minimum Gasteiger partial charge on any atom is -0.393 e. The Balaban J connectivity index is 3.41. The van der Waals surface area contributed by atoms with Crippen LogP contribution >= 0.6 is 0 Å². The molecule has 0 spiro atoms. The molecule has 4 nitrogen and oxygen atoms in total. The molecule has 2 unspecified atom stereocenters. The van der Waals surface area contributed by atoms with Gasteiger partial charge in [0, 0.05) is 12.6 Å². The highest BCUT2D eigenvalue weighted by Crippen LogP contribution is 1.94. The predicted octanol–water partition coefficient (Wildman–Crippen LogP) is 0.652. The van der Waals surface area contributed by atoms with Gasteiger partial charge >= 0.3 is 0 Å². The maximum Gasteiger partial charge on any atom is 0.233 e. The van der Waals surface area contributed by atoms with Crippen molar-refractivity contribution < 1.29 is 9.90 Å². The highest BCUT2D eigenvalue weighted by Gasteiger charge is 2.04. The average Bonchev–Trinajstić information content (AvgIpc) is 2.25. The second-order valence-corrected chi connectivity index (χ2v) is 3.89. The zero-order chi connectivity index (χ0) is 11.7. The van der Waals surface area contributed by atoms with Gasteiger partial charge in [0.2, 0.25) is 5.91 Å². The summed E-state index contributed by atoms with van der Waals surface area (Å²) in [5, 5.41) is 15.1. The van der Waals surface area contributed by atoms with Gasteiger partial charge < -0.3 is 15.7 Å². The topological polar surface area (TPSA) is 61.4 Å². The summed E-state index contributed by atoms with van der Waals surface area (Å²) in [5.41, 5.74) is 0. The minimum atomic E-state index is -0.298. The Morgan fingerprint density at radius 1 is 1.33 bits per heavy atom. The summed E-state index contributed by atoms with van der Waals surface area (Å²) in [6.07, 6.45) is 2.09. The molecule has 0 aliphatic carbocycles. The number of hydrogen-bond acceptors (Lipinski definition) is 3. The highest BCUT2D eigenvalue weighted by atomic mass is 16.3. The first kappa shape index (κ1) is 14.4.